The van der Waals surface area contributed by atoms with E-state index in [9.17, 15) is 14.0 Å². The largest absolute Gasteiger partial charge is 0.319 e. The molecule has 0 aliphatic heterocycles. The molecule has 1 heterocycles. The van der Waals surface area contributed by atoms with Crippen LogP contribution in [0.25, 0.3) is 0 Å². The van der Waals surface area contributed by atoms with Crippen molar-refractivity contribution in [3.63, 3.8) is 0 Å². The third kappa shape index (κ3) is 3.00. The monoisotopic (exact) mass is 314 g/mol. The molecule has 1 aromatic heterocycles. The Morgan fingerprint density at radius 1 is 1.25 bits per heavy atom. The molecule has 0 spiro atoms. The van der Waals surface area contributed by atoms with Gasteiger partial charge in [0.05, 0.1) is 15.7 Å². The second kappa shape index (κ2) is 5.64. The maximum atomic E-state index is 13.0. The maximum absolute atomic E-state index is 13.0. The van der Waals surface area contributed by atoms with Crippen molar-refractivity contribution in [2.45, 2.75) is 0 Å². The Labute approximate surface area is 123 Å². The van der Waals surface area contributed by atoms with E-state index in [-0.39, 0.29) is 26.9 Å². The van der Waals surface area contributed by atoms with E-state index in [2.05, 4.69) is 5.32 Å². The Bertz CT molecular complexity index is 720. The molecule has 0 fully saturated rings. The average molecular weight is 315 g/mol. The predicted octanol–water partition coefficient (Wildman–Crippen LogP) is 3.08. The van der Waals surface area contributed by atoms with Crippen LogP contribution in [0.15, 0.2) is 35.3 Å². The third-order valence-electron chi connectivity index (χ3n) is 2.61. The first-order valence-electron chi connectivity index (χ1n) is 5.51. The number of rotatable bonds is 2. The molecule has 0 bridgehead atoms. The van der Waals surface area contributed by atoms with Crippen molar-refractivity contribution in [2.75, 3.05) is 5.32 Å². The molecule has 0 saturated carbocycles. The fourth-order valence-electron chi connectivity index (χ4n) is 1.54. The summed E-state index contributed by atoms with van der Waals surface area (Å²) in [6, 6.07) is 4.73. The van der Waals surface area contributed by atoms with Crippen LogP contribution in [0.1, 0.15) is 10.4 Å². The molecule has 1 N–H and O–H groups in total. The third-order valence-corrected chi connectivity index (χ3v) is 3.21. The first kappa shape index (κ1) is 14.6. The lowest BCUT2D eigenvalue weighted by atomic mass is 10.2. The van der Waals surface area contributed by atoms with Gasteiger partial charge in [0, 0.05) is 24.9 Å². The minimum atomic E-state index is -0.605. The van der Waals surface area contributed by atoms with Gasteiger partial charge in [0.15, 0.2) is 0 Å². The van der Waals surface area contributed by atoms with Gasteiger partial charge in [-0.1, -0.05) is 23.2 Å². The van der Waals surface area contributed by atoms with E-state index < -0.39 is 11.7 Å². The van der Waals surface area contributed by atoms with Gasteiger partial charge in [-0.2, -0.15) is 0 Å². The highest BCUT2D eigenvalue weighted by Gasteiger charge is 2.13. The minimum absolute atomic E-state index is 0.0211. The lowest BCUT2D eigenvalue weighted by Crippen LogP contribution is -2.20. The molecule has 2 rings (SSSR count). The maximum Gasteiger partial charge on any atom is 0.255 e. The lowest BCUT2D eigenvalue weighted by Gasteiger charge is -2.09. The summed E-state index contributed by atoms with van der Waals surface area (Å²) in [7, 11) is 1.57. The van der Waals surface area contributed by atoms with Crippen molar-refractivity contribution < 1.29 is 9.18 Å². The number of nitrogens with one attached hydrogen (secondary N) is 1. The van der Waals surface area contributed by atoms with Gasteiger partial charge in [-0.05, 0) is 18.2 Å². The van der Waals surface area contributed by atoms with Gasteiger partial charge in [0.25, 0.3) is 11.5 Å². The topological polar surface area (TPSA) is 51.1 Å². The van der Waals surface area contributed by atoms with E-state index in [4.69, 9.17) is 23.2 Å². The number of carbonyl (C=O) groups is 1. The first-order chi connectivity index (χ1) is 9.38. The fourth-order valence-corrected chi connectivity index (χ4v) is 2.09. The highest BCUT2D eigenvalue weighted by Crippen LogP contribution is 2.31. The summed E-state index contributed by atoms with van der Waals surface area (Å²) >= 11 is 11.6. The Balaban J connectivity index is 2.32. The highest BCUT2D eigenvalue weighted by atomic mass is 35.5. The Kier molecular flexibility index (Phi) is 4.11. The summed E-state index contributed by atoms with van der Waals surface area (Å²) in [5.74, 6) is -1.16. The standard InChI is InChI=1S/C13H9Cl2FN2O2/c1-18-3-2-7(4-11(18)19)13(20)17-12-9(14)5-8(16)6-10(12)15/h2-6H,1H3,(H,17,20). The van der Waals surface area contributed by atoms with Crippen LogP contribution in [-0.2, 0) is 7.05 Å². The first-order valence-corrected chi connectivity index (χ1v) is 6.26. The molecular formula is C13H9Cl2FN2O2. The van der Waals surface area contributed by atoms with Gasteiger partial charge in [0.1, 0.15) is 5.82 Å². The fraction of sp³-hybridized carbons (Fsp3) is 0.0769. The van der Waals surface area contributed by atoms with Crippen LogP contribution in [0.4, 0.5) is 10.1 Å². The molecule has 0 aliphatic carbocycles. The van der Waals surface area contributed by atoms with Gasteiger partial charge in [-0.25, -0.2) is 4.39 Å². The number of benzene rings is 1. The molecule has 1 amide bonds. The molecule has 1 aromatic carbocycles. The number of amides is 1. The lowest BCUT2D eigenvalue weighted by molar-refractivity contribution is 0.102. The van der Waals surface area contributed by atoms with Crippen LogP contribution in [0, 0.1) is 5.82 Å². The number of halogens is 3. The smallest absolute Gasteiger partial charge is 0.255 e. The number of pyridine rings is 1. The summed E-state index contributed by atoms with van der Waals surface area (Å²) in [6.07, 6.45) is 1.46. The summed E-state index contributed by atoms with van der Waals surface area (Å²) in [5.41, 5.74) is -0.0704. The van der Waals surface area contributed by atoms with Crippen LogP contribution in [0.2, 0.25) is 10.0 Å². The quantitative estimate of drug-likeness (QED) is 0.926. The summed E-state index contributed by atoms with van der Waals surface area (Å²) < 4.78 is 14.4. The highest BCUT2D eigenvalue weighted by molar-refractivity contribution is 6.40. The second-order valence-electron chi connectivity index (χ2n) is 4.06. The van der Waals surface area contributed by atoms with E-state index >= 15 is 0 Å². The van der Waals surface area contributed by atoms with Crippen molar-refractivity contribution in [1.29, 1.82) is 0 Å². The van der Waals surface area contributed by atoms with Crippen LogP contribution < -0.4 is 10.9 Å². The van der Waals surface area contributed by atoms with E-state index in [1.165, 1.54) is 22.9 Å². The molecule has 2 aromatic rings. The van der Waals surface area contributed by atoms with Crippen molar-refractivity contribution >= 4 is 34.8 Å². The van der Waals surface area contributed by atoms with Gasteiger partial charge < -0.3 is 9.88 Å². The molecular weight excluding hydrogens is 306 g/mol. The minimum Gasteiger partial charge on any atom is -0.319 e. The number of hydrogen-bond acceptors (Lipinski definition) is 2. The molecule has 104 valence electrons. The Hall–Kier alpha value is -1.85. The molecule has 7 heteroatoms. The van der Waals surface area contributed by atoms with Crippen LogP contribution in [0.5, 0.6) is 0 Å². The number of hydrogen-bond donors (Lipinski definition) is 1. The molecule has 0 saturated heterocycles. The number of nitrogens with zero attached hydrogens (tertiary/aromatic N) is 1. The van der Waals surface area contributed by atoms with E-state index in [0.29, 0.717) is 0 Å². The van der Waals surface area contributed by atoms with Crippen molar-refractivity contribution in [2.24, 2.45) is 7.05 Å². The number of carbonyl (C=O) groups excluding carboxylic acids is 1. The van der Waals surface area contributed by atoms with Gasteiger partial charge in [-0.3, -0.25) is 9.59 Å². The van der Waals surface area contributed by atoms with Crippen molar-refractivity contribution in [3.8, 4) is 0 Å². The average Bonchev–Trinajstić information content (AvgIpc) is 2.36. The van der Waals surface area contributed by atoms with Gasteiger partial charge in [-0.15, -0.1) is 0 Å². The normalized spacial score (nSPS) is 10.4. The van der Waals surface area contributed by atoms with E-state index in [1.807, 2.05) is 0 Å². The van der Waals surface area contributed by atoms with E-state index in [0.717, 1.165) is 12.1 Å². The molecule has 0 unspecified atom stereocenters. The van der Waals surface area contributed by atoms with E-state index in [1.54, 1.807) is 7.05 Å². The summed E-state index contributed by atoms with van der Waals surface area (Å²) in [4.78, 5) is 23.5. The van der Waals surface area contributed by atoms with Crippen molar-refractivity contribution in [3.05, 3.63) is 62.2 Å². The Morgan fingerprint density at radius 3 is 2.40 bits per heavy atom. The number of aryl methyl sites for hydroxylation is 1. The number of aromatic nitrogens is 1. The Morgan fingerprint density at radius 2 is 1.85 bits per heavy atom. The summed E-state index contributed by atoms with van der Waals surface area (Å²) in [5, 5.41) is 2.41. The zero-order valence-corrected chi connectivity index (χ0v) is 11.8. The zero-order valence-electron chi connectivity index (χ0n) is 10.3. The molecule has 0 radical (unpaired) electrons. The second-order valence-corrected chi connectivity index (χ2v) is 4.88. The molecule has 0 atom stereocenters. The molecule has 20 heavy (non-hydrogen) atoms. The molecule has 4 nitrogen and oxygen atoms in total. The molecule has 0 aliphatic rings. The van der Waals surface area contributed by atoms with Crippen molar-refractivity contribution in [1.82, 2.24) is 4.57 Å². The van der Waals surface area contributed by atoms with Crippen LogP contribution in [-0.4, -0.2) is 10.5 Å². The SMILES string of the molecule is Cn1ccc(C(=O)Nc2c(Cl)cc(F)cc2Cl)cc1=O. The van der Waals surface area contributed by atoms with Gasteiger partial charge in [0.2, 0.25) is 0 Å². The number of anilines is 1. The van der Waals surface area contributed by atoms with Crippen LogP contribution >= 0.6 is 23.2 Å². The predicted molar refractivity (Wildman–Crippen MR) is 76.1 cm³/mol. The summed E-state index contributed by atoms with van der Waals surface area (Å²) in [6.45, 7) is 0. The zero-order chi connectivity index (χ0) is 14.9. The van der Waals surface area contributed by atoms with Gasteiger partial charge >= 0.3 is 0 Å². The van der Waals surface area contributed by atoms with Crippen LogP contribution in [0.3, 0.4) is 0 Å².